The largest absolute Gasteiger partial charge is 0.271 e. The van der Waals surface area contributed by atoms with E-state index >= 15 is 0 Å². The molecule has 15 heavy (non-hydrogen) atoms. The summed E-state index contributed by atoms with van der Waals surface area (Å²) >= 11 is 3.49. The highest BCUT2D eigenvalue weighted by Gasteiger charge is 2.10. The van der Waals surface area contributed by atoms with Crippen molar-refractivity contribution in [2.24, 2.45) is 5.84 Å². The zero-order chi connectivity index (χ0) is 11.4. The first kappa shape index (κ1) is 12.4. The van der Waals surface area contributed by atoms with Crippen LogP contribution in [0.3, 0.4) is 0 Å². The lowest BCUT2D eigenvalue weighted by atomic mass is 9.99. The molecule has 2 nitrogen and oxygen atoms in total. The summed E-state index contributed by atoms with van der Waals surface area (Å²) < 4.78 is 1.08. The SMILES string of the molecule is C=C(C)CC(NN)c1cc(C)cc(Br)c1. The molecule has 0 spiro atoms. The van der Waals surface area contributed by atoms with Gasteiger partial charge in [-0.2, -0.15) is 0 Å². The summed E-state index contributed by atoms with van der Waals surface area (Å²) in [5.74, 6) is 5.55. The summed E-state index contributed by atoms with van der Waals surface area (Å²) in [4.78, 5) is 0. The Morgan fingerprint density at radius 2 is 2.20 bits per heavy atom. The third-order valence-electron chi connectivity index (χ3n) is 2.22. The topological polar surface area (TPSA) is 38.0 Å². The molecule has 0 fully saturated rings. The van der Waals surface area contributed by atoms with E-state index in [0.29, 0.717) is 0 Å². The molecule has 1 aromatic rings. The van der Waals surface area contributed by atoms with Crippen molar-refractivity contribution in [3.05, 3.63) is 46.0 Å². The second-order valence-electron chi connectivity index (χ2n) is 3.94. The van der Waals surface area contributed by atoms with Gasteiger partial charge in [-0.25, -0.2) is 0 Å². The predicted octanol–water partition coefficient (Wildman–Crippen LogP) is 3.23. The van der Waals surface area contributed by atoms with E-state index in [4.69, 9.17) is 5.84 Å². The van der Waals surface area contributed by atoms with Crippen molar-refractivity contribution in [2.45, 2.75) is 26.3 Å². The molecule has 0 aliphatic heterocycles. The lowest BCUT2D eigenvalue weighted by Crippen LogP contribution is -2.28. The molecule has 1 rings (SSSR count). The van der Waals surface area contributed by atoms with E-state index in [1.807, 2.05) is 6.92 Å². The summed E-state index contributed by atoms with van der Waals surface area (Å²) in [6, 6.07) is 6.44. The Labute approximate surface area is 99.7 Å². The molecular formula is C12H17BrN2. The van der Waals surface area contributed by atoms with Gasteiger partial charge in [-0.3, -0.25) is 11.3 Å². The Kier molecular flexibility index (Phi) is 4.51. The molecule has 0 saturated carbocycles. The molecule has 0 amide bonds. The van der Waals surface area contributed by atoms with Gasteiger partial charge in [-0.15, -0.1) is 6.58 Å². The van der Waals surface area contributed by atoms with Gasteiger partial charge in [0.2, 0.25) is 0 Å². The molecule has 1 atom stereocenters. The average molecular weight is 269 g/mol. The molecule has 82 valence electrons. The van der Waals surface area contributed by atoms with Crippen LogP contribution in [0.2, 0.25) is 0 Å². The Balaban J connectivity index is 2.95. The van der Waals surface area contributed by atoms with Crippen molar-refractivity contribution < 1.29 is 0 Å². The maximum atomic E-state index is 5.55. The minimum atomic E-state index is 0.138. The van der Waals surface area contributed by atoms with Crippen LogP contribution in [0.15, 0.2) is 34.8 Å². The van der Waals surface area contributed by atoms with Gasteiger partial charge in [0.25, 0.3) is 0 Å². The van der Waals surface area contributed by atoms with E-state index in [-0.39, 0.29) is 6.04 Å². The highest BCUT2D eigenvalue weighted by Crippen LogP contribution is 2.24. The van der Waals surface area contributed by atoms with Crippen LogP contribution in [-0.4, -0.2) is 0 Å². The average Bonchev–Trinajstić information content (AvgIpc) is 2.12. The van der Waals surface area contributed by atoms with Crippen LogP contribution in [0, 0.1) is 6.92 Å². The van der Waals surface area contributed by atoms with Crippen molar-refractivity contribution in [1.82, 2.24) is 5.43 Å². The first-order chi connectivity index (χ1) is 7.02. The Morgan fingerprint density at radius 1 is 1.53 bits per heavy atom. The molecule has 3 N–H and O–H groups in total. The minimum Gasteiger partial charge on any atom is -0.271 e. The number of nitrogens with one attached hydrogen (secondary N) is 1. The van der Waals surface area contributed by atoms with E-state index in [9.17, 15) is 0 Å². The number of aryl methyl sites for hydroxylation is 1. The summed E-state index contributed by atoms with van der Waals surface area (Å²) in [6.45, 7) is 7.99. The van der Waals surface area contributed by atoms with Gasteiger partial charge >= 0.3 is 0 Å². The second-order valence-corrected chi connectivity index (χ2v) is 4.86. The van der Waals surface area contributed by atoms with Gasteiger partial charge in [0.15, 0.2) is 0 Å². The van der Waals surface area contributed by atoms with Crippen molar-refractivity contribution in [3.63, 3.8) is 0 Å². The maximum Gasteiger partial charge on any atom is 0.0497 e. The van der Waals surface area contributed by atoms with E-state index < -0.39 is 0 Å². The van der Waals surface area contributed by atoms with Crippen LogP contribution in [0.1, 0.15) is 30.5 Å². The Morgan fingerprint density at radius 3 is 2.67 bits per heavy atom. The summed E-state index contributed by atoms with van der Waals surface area (Å²) in [7, 11) is 0. The summed E-state index contributed by atoms with van der Waals surface area (Å²) in [5.41, 5.74) is 6.35. The van der Waals surface area contributed by atoms with Crippen LogP contribution in [0.4, 0.5) is 0 Å². The zero-order valence-corrected chi connectivity index (χ0v) is 10.8. The van der Waals surface area contributed by atoms with Crippen LogP contribution < -0.4 is 11.3 Å². The van der Waals surface area contributed by atoms with Crippen LogP contribution >= 0.6 is 15.9 Å². The third kappa shape index (κ3) is 3.78. The van der Waals surface area contributed by atoms with E-state index in [0.717, 1.165) is 16.5 Å². The number of benzene rings is 1. The molecule has 1 unspecified atom stereocenters. The lowest BCUT2D eigenvalue weighted by molar-refractivity contribution is 0.550. The number of hydrogen-bond acceptors (Lipinski definition) is 2. The molecule has 1 aromatic carbocycles. The van der Waals surface area contributed by atoms with Crippen LogP contribution in [0.5, 0.6) is 0 Å². The van der Waals surface area contributed by atoms with Gasteiger partial charge in [0.1, 0.15) is 0 Å². The highest BCUT2D eigenvalue weighted by molar-refractivity contribution is 9.10. The van der Waals surface area contributed by atoms with Crippen molar-refractivity contribution in [2.75, 3.05) is 0 Å². The van der Waals surface area contributed by atoms with Gasteiger partial charge in [-0.1, -0.05) is 27.6 Å². The van der Waals surface area contributed by atoms with Crippen LogP contribution in [-0.2, 0) is 0 Å². The second kappa shape index (κ2) is 5.45. The number of rotatable bonds is 4. The number of halogens is 1. The fourth-order valence-corrected chi connectivity index (χ4v) is 2.21. The third-order valence-corrected chi connectivity index (χ3v) is 2.68. The lowest BCUT2D eigenvalue weighted by Gasteiger charge is -2.17. The zero-order valence-electron chi connectivity index (χ0n) is 9.18. The smallest absolute Gasteiger partial charge is 0.0497 e. The Bertz CT molecular complexity index is 340. The summed E-state index contributed by atoms with van der Waals surface area (Å²) in [6.07, 6.45) is 0.854. The van der Waals surface area contributed by atoms with Crippen molar-refractivity contribution in [1.29, 1.82) is 0 Å². The molecule has 0 radical (unpaired) electrons. The van der Waals surface area contributed by atoms with Crippen LogP contribution in [0.25, 0.3) is 0 Å². The fourth-order valence-electron chi connectivity index (χ4n) is 1.59. The normalized spacial score (nSPS) is 12.5. The Hall–Kier alpha value is -0.640. The van der Waals surface area contributed by atoms with Crippen molar-refractivity contribution >= 4 is 15.9 Å². The summed E-state index contributed by atoms with van der Waals surface area (Å²) in [5, 5.41) is 0. The molecule has 0 saturated heterocycles. The predicted molar refractivity (Wildman–Crippen MR) is 68.4 cm³/mol. The number of hydrazine groups is 1. The minimum absolute atomic E-state index is 0.138. The van der Waals surface area contributed by atoms with Crippen molar-refractivity contribution in [3.8, 4) is 0 Å². The quantitative estimate of drug-likeness (QED) is 0.500. The first-order valence-corrected chi connectivity index (χ1v) is 5.70. The number of hydrogen-bond donors (Lipinski definition) is 2. The molecule has 0 aromatic heterocycles. The van der Waals surface area contributed by atoms with Gasteiger partial charge in [0, 0.05) is 10.5 Å². The van der Waals surface area contributed by atoms with Gasteiger partial charge in [-0.05, 0) is 43.5 Å². The maximum absolute atomic E-state index is 5.55. The monoisotopic (exact) mass is 268 g/mol. The van der Waals surface area contributed by atoms with Gasteiger partial charge < -0.3 is 0 Å². The van der Waals surface area contributed by atoms with E-state index in [2.05, 4.69) is 53.1 Å². The molecular weight excluding hydrogens is 252 g/mol. The molecule has 3 heteroatoms. The fraction of sp³-hybridized carbons (Fsp3) is 0.333. The number of nitrogens with two attached hydrogens (primary N) is 1. The first-order valence-electron chi connectivity index (χ1n) is 4.90. The van der Waals surface area contributed by atoms with E-state index in [1.54, 1.807) is 0 Å². The van der Waals surface area contributed by atoms with Gasteiger partial charge in [0.05, 0.1) is 0 Å². The van der Waals surface area contributed by atoms with E-state index in [1.165, 1.54) is 11.1 Å². The highest BCUT2D eigenvalue weighted by atomic mass is 79.9. The standard InChI is InChI=1S/C12H17BrN2/c1-8(2)4-12(15-14)10-5-9(3)6-11(13)7-10/h5-7,12,15H,1,4,14H2,2-3H3. The molecule has 0 aliphatic carbocycles. The molecule has 0 bridgehead atoms. The molecule has 0 heterocycles. The molecule has 0 aliphatic rings.